The highest BCUT2D eigenvalue weighted by molar-refractivity contribution is 5.97. The molecule has 0 aromatic heterocycles. The Bertz CT molecular complexity index is 1160. The molecule has 2 aromatic rings. The van der Waals surface area contributed by atoms with E-state index in [0.717, 1.165) is 48.1 Å². The van der Waals surface area contributed by atoms with Crippen LogP contribution in [0.3, 0.4) is 0 Å². The molecule has 8 nitrogen and oxygen atoms in total. The maximum atomic E-state index is 13.3. The minimum absolute atomic E-state index is 0.0966. The minimum atomic E-state index is -0.722. The number of rotatable bonds is 10. The van der Waals surface area contributed by atoms with Crippen molar-refractivity contribution in [2.45, 2.75) is 64.0 Å². The van der Waals surface area contributed by atoms with Gasteiger partial charge in [0.25, 0.3) is 0 Å². The van der Waals surface area contributed by atoms with Crippen LogP contribution >= 0.6 is 0 Å². The number of hydrogen-bond acceptors (Lipinski definition) is 5. The van der Waals surface area contributed by atoms with Gasteiger partial charge in [-0.05, 0) is 85.0 Å². The Morgan fingerprint density at radius 2 is 1.56 bits per heavy atom. The molecular weight excluding hydrogens is 492 g/mol. The van der Waals surface area contributed by atoms with E-state index in [2.05, 4.69) is 16.0 Å². The molecule has 1 atom stereocenters. The van der Waals surface area contributed by atoms with Gasteiger partial charge in [0.15, 0.2) is 17.5 Å². The lowest BCUT2D eigenvalue weighted by atomic mass is 9.49. The molecule has 4 saturated carbocycles. The molecule has 8 heteroatoms. The van der Waals surface area contributed by atoms with Crippen molar-refractivity contribution in [3.05, 3.63) is 59.7 Å². The second-order valence-electron chi connectivity index (χ2n) is 11.8. The Kier molecular flexibility index (Phi) is 8.10. The zero-order valence-corrected chi connectivity index (χ0v) is 22.9. The second kappa shape index (κ2) is 11.7. The van der Waals surface area contributed by atoms with Gasteiger partial charge in [-0.1, -0.05) is 36.4 Å². The number of hydrogen-bond donors (Lipinski definition) is 4. The first-order chi connectivity index (χ1) is 18.8. The quantitative estimate of drug-likeness (QED) is 0.271. The van der Waals surface area contributed by atoms with Crippen LogP contribution < -0.4 is 25.4 Å². The molecule has 208 valence electrons. The van der Waals surface area contributed by atoms with Crippen LogP contribution in [0.4, 0.5) is 0 Å². The molecule has 4 bridgehead atoms. The summed E-state index contributed by atoms with van der Waals surface area (Å²) in [5.74, 6) is 3.00. The molecular formula is C31H40N4O4. The van der Waals surface area contributed by atoms with E-state index in [4.69, 9.17) is 14.9 Å². The van der Waals surface area contributed by atoms with Gasteiger partial charge in [0, 0.05) is 19.4 Å². The predicted molar refractivity (Wildman–Crippen MR) is 150 cm³/mol. The SMILES string of the molecule is COc1ccc(CNC(=O)[C@@H](Cc2ccccc2)NC(=N)NC(=O)C[C@]23C[C@H]4C[C@H](C[C@H](C4)C2)C3)cc1OC. The van der Waals surface area contributed by atoms with Gasteiger partial charge >= 0.3 is 0 Å². The van der Waals surface area contributed by atoms with Gasteiger partial charge in [-0.3, -0.25) is 20.3 Å². The maximum Gasteiger partial charge on any atom is 0.243 e. The Hall–Kier alpha value is -3.55. The van der Waals surface area contributed by atoms with Gasteiger partial charge in [0.2, 0.25) is 11.8 Å². The average Bonchev–Trinajstić information content (AvgIpc) is 2.90. The number of amides is 2. The summed E-state index contributed by atoms with van der Waals surface area (Å²) in [7, 11) is 3.15. The molecule has 0 radical (unpaired) electrons. The van der Waals surface area contributed by atoms with E-state index in [9.17, 15) is 9.59 Å². The van der Waals surface area contributed by atoms with Crippen molar-refractivity contribution in [3.63, 3.8) is 0 Å². The molecule has 0 heterocycles. The van der Waals surface area contributed by atoms with E-state index >= 15 is 0 Å². The highest BCUT2D eigenvalue weighted by atomic mass is 16.5. The molecule has 4 N–H and O–H groups in total. The monoisotopic (exact) mass is 532 g/mol. The van der Waals surface area contributed by atoms with Gasteiger partial charge in [-0.2, -0.15) is 0 Å². The van der Waals surface area contributed by atoms with Gasteiger partial charge in [0.1, 0.15) is 6.04 Å². The number of guanidine groups is 1. The molecule has 4 fully saturated rings. The largest absolute Gasteiger partial charge is 0.493 e. The third-order valence-electron chi connectivity index (χ3n) is 8.80. The summed E-state index contributed by atoms with van der Waals surface area (Å²) in [6, 6.07) is 14.4. The predicted octanol–water partition coefficient (Wildman–Crippen LogP) is 4.18. The van der Waals surface area contributed by atoms with Crippen LogP contribution in [0.15, 0.2) is 48.5 Å². The van der Waals surface area contributed by atoms with Crippen molar-refractivity contribution >= 4 is 17.8 Å². The molecule has 4 aliphatic rings. The van der Waals surface area contributed by atoms with Crippen molar-refractivity contribution in [1.82, 2.24) is 16.0 Å². The molecule has 0 spiro atoms. The molecule has 0 saturated heterocycles. The van der Waals surface area contributed by atoms with Crippen molar-refractivity contribution in [2.75, 3.05) is 14.2 Å². The molecule has 2 amide bonds. The minimum Gasteiger partial charge on any atom is -0.493 e. The summed E-state index contributed by atoms with van der Waals surface area (Å²) in [4.78, 5) is 26.3. The van der Waals surface area contributed by atoms with Crippen molar-refractivity contribution < 1.29 is 19.1 Å². The van der Waals surface area contributed by atoms with E-state index in [-0.39, 0.29) is 29.7 Å². The van der Waals surface area contributed by atoms with E-state index < -0.39 is 6.04 Å². The topological polar surface area (TPSA) is 113 Å². The van der Waals surface area contributed by atoms with Crippen LogP contribution in [0.2, 0.25) is 0 Å². The van der Waals surface area contributed by atoms with Crippen molar-refractivity contribution in [1.29, 1.82) is 5.41 Å². The van der Waals surface area contributed by atoms with Gasteiger partial charge < -0.3 is 20.1 Å². The molecule has 0 unspecified atom stereocenters. The highest BCUT2D eigenvalue weighted by Crippen LogP contribution is 2.61. The molecule has 4 aliphatic carbocycles. The first kappa shape index (κ1) is 27.0. The summed E-state index contributed by atoms with van der Waals surface area (Å²) in [6.45, 7) is 0.290. The fourth-order valence-electron chi connectivity index (χ4n) is 7.60. The number of carbonyl (C=O) groups excluding carboxylic acids is 2. The number of benzene rings is 2. The first-order valence-electron chi connectivity index (χ1n) is 14.0. The number of nitrogens with one attached hydrogen (secondary N) is 4. The van der Waals surface area contributed by atoms with Gasteiger partial charge in [-0.15, -0.1) is 0 Å². The first-order valence-corrected chi connectivity index (χ1v) is 14.0. The van der Waals surface area contributed by atoms with Crippen molar-refractivity contribution in [2.24, 2.45) is 23.2 Å². The summed E-state index contributed by atoms with van der Waals surface area (Å²) in [6.07, 6.45) is 8.27. The standard InChI is InChI=1S/C31H40N4O4/c1-38-26-9-8-21(14-27(26)39-2)19-33-29(37)25(13-20-6-4-3-5-7-20)34-30(32)35-28(36)18-31-15-22-10-23(16-31)12-24(11-22)17-31/h3-9,14,22-25H,10-13,15-19H2,1-2H3,(H,33,37)(H3,32,34,35,36)/t22-,23+,24-,25-,31-/m1/s1. The zero-order chi connectivity index (χ0) is 27.4. The number of ether oxygens (including phenoxy) is 2. The molecule has 39 heavy (non-hydrogen) atoms. The zero-order valence-electron chi connectivity index (χ0n) is 22.9. The Balaban J connectivity index is 1.20. The van der Waals surface area contributed by atoms with Crippen molar-refractivity contribution in [3.8, 4) is 11.5 Å². The molecule has 0 aliphatic heterocycles. The summed E-state index contributed by atoms with van der Waals surface area (Å²) >= 11 is 0. The molecule has 6 rings (SSSR count). The van der Waals surface area contributed by atoms with E-state index in [0.29, 0.717) is 24.3 Å². The van der Waals surface area contributed by atoms with E-state index in [1.807, 2.05) is 42.5 Å². The highest BCUT2D eigenvalue weighted by Gasteiger charge is 2.51. The van der Waals surface area contributed by atoms with E-state index in [1.165, 1.54) is 19.3 Å². The number of methoxy groups -OCH3 is 2. The summed E-state index contributed by atoms with van der Waals surface area (Å²) in [5, 5.41) is 17.2. The fourth-order valence-corrected chi connectivity index (χ4v) is 7.60. The summed E-state index contributed by atoms with van der Waals surface area (Å²) in [5.41, 5.74) is 1.92. The van der Waals surface area contributed by atoms with Crippen LogP contribution in [0.25, 0.3) is 0 Å². The van der Waals surface area contributed by atoms with Crippen LogP contribution in [-0.2, 0) is 22.6 Å². The normalized spacial score (nSPS) is 25.4. The summed E-state index contributed by atoms with van der Waals surface area (Å²) < 4.78 is 10.7. The Labute approximate surface area is 230 Å². The van der Waals surface area contributed by atoms with Crippen LogP contribution in [0.1, 0.15) is 56.1 Å². The maximum absolute atomic E-state index is 13.3. The van der Waals surface area contributed by atoms with E-state index in [1.54, 1.807) is 20.3 Å². The van der Waals surface area contributed by atoms with Crippen LogP contribution in [0, 0.1) is 28.6 Å². The molecule has 2 aromatic carbocycles. The smallest absolute Gasteiger partial charge is 0.243 e. The van der Waals surface area contributed by atoms with Crippen LogP contribution in [0.5, 0.6) is 11.5 Å². The number of carbonyl (C=O) groups is 2. The Morgan fingerprint density at radius 1 is 0.923 bits per heavy atom. The third kappa shape index (κ3) is 6.54. The fraction of sp³-hybridized carbons (Fsp3) is 0.516. The van der Waals surface area contributed by atoms with Gasteiger partial charge in [-0.25, -0.2) is 0 Å². The lowest BCUT2D eigenvalue weighted by Crippen LogP contribution is -2.53. The lowest BCUT2D eigenvalue weighted by molar-refractivity contribution is -0.128. The lowest BCUT2D eigenvalue weighted by Gasteiger charge is -2.56. The average molecular weight is 533 g/mol. The second-order valence-corrected chi connectivity index (χ2v) is 11.8. The van der Waals surface area contributed by atoms with Gasteiger partial charge in [0.05, 0.1) is 14.2 Å². The third-order valence-corrected chi connectivity index (χ3v) is 8.80. The van der Waals surface area contributed by atoms with Crippen LogP contribution in [-0.4, -0.2) is 38.0 Å². The Morgan fingerprint density at radius 3 is 2.18 bits per heavy atom.